The number of nitrogens with zero attached hydrogens (tertiary/aromatic N) is 3. The summed E-state index contributed by atoms with van der Waals surface area (Å²) < 4.78 is 24.2. The van der Waals surface area contributed by atoms with E-state index in [1.807, 2.05) is 26.0 Å². The quantitative estimate of drug-likeness (QED) is 0.452. The molecular weight excluding hydrogens is 433 g/mol. The molecule has 1 aliphatic heterocycles. The maximum Gasteiger partial charge on any atom is 0.342 e. The van der Waals surface area contributed by atoms with E-state index in [0.717, 1.165) is 44.0 Å². The molecule has 1 saturated heterocycles. The third-order valence-electron chi connectivity index (χ3n) is 5.67. The fraction of sp³-hybridized carbons (Fsp3) is 0.333. The van der Waals surface area contributed by atoms with E-state index >= 15 is 0 Å². The Hall–Kier alpha value is -3.45. The molecule has 1 aliphatic rings. The van der Waals surface area contributed by atoms with Gasteiger partial charge in [0, 0.05) is 38.9 Å². The van der Waals surface area contributed by atoms with Gasteiger partial charge in [0.15, 0.2) is 0 Å². The van der Waals surface area contributed by atoms with Gasteiger partial charge in [-0.2, -0.15) is 0 Å². The highest BCUT2D eigenvalue weighted by Crippen LogP contribution is 2.22. The van der Waals surface area contributed by atoms with E-state index in [-0.39, 0.29) is 17.9 Å². The minimum absolute atomic E-state index is 0.169. The molecule has 0 atom stereocenters. The molecule has 0 radical (unpaired) electrons. The molecule has 0 saturated carbocycles. The van der Waals surface area contributed by atoms with E-state index in [9.17, 15) is 9.18 Å². The van der Waals surface area contributed by atoms with Crippen LogP contribution in [-0.4, -0.2) is 48.1 Å². The van der Waals surface area contributed by atoms with Crippen LogP contribution in [0.2, 0.25) is 0 Å². The Labute approximate surface area is 199 Å². The number of ether oxygens (including phenoxy) is 2. The Morgan fingerprint density at radius 3 is 2.32 bits per heavy atom. The number of esters is 1. The first kappa shape index (κ1) is 23.7. The fourth-order valence-corrected chi connectivity index (χ4v) is 3.90. The monoisotopic (exact) mass is 463 g/mol. The Bertz CT molecular complexity index is 1080. The highest BCUT2D eigenvalue weighted by Gasteiger charge is 2.23. The molecule has 0 aliphatic carbocycles. The normalized spacial score (nSPS) is 14.3. The Morgan fingerprint density at radius 1 is 0.971 bits per heavy atom. The van der Waals surface area contributed by atoms with Crippen molar-refractivity contribution >= 4 is 11.8 Å². The largest absolute Gasteiger partial charge is 0.489 e. The van der Waals surface area contributed by atoms with Crippen molar-refractivity contribution in [1.82, 2.24) is 9.88 Å². The second-order valence-corrected chi connectivity index (χ2v) is 8.65. The summed E-state index contributed by atoms with van der Waals surface area (Å²) in [5.74, 6) is 0.898. The number of aromatic nitrogens is 1. The number of benzene rings is 2. The van der Waals surface area contributed by atoms with Gasteiger partial charge in [0.05, 0.1) is 6.10 Å². The summed E-state index contributed by atoms with van der Waals surface area (Å²) >= 11 is 0. The predicted octanol–water partition coefficient (Wildman–Crippen LogP) is 4.69. The standard InChI is InChI=1S/C27H30FN3O3/c1-20(2)34-27(32)25-4-3-13-29-26(25)31-16-14-30(15-17-31)18-21-7-11-24(12-8-21)33-19-22-5-9-23(28)10-6-22/h3-13,20H,14-19H2,1-2H3. The topological polar surface area (TPSA) is 54.9 Å². The number of piperazine rings is 1. The number of rotatable bonds is 8. The van der Waals surface area contributed by atoms with E-state index in [1.54, 1.807) is 30.5 Å². The van der Waals surface area contributed by atoms with Crippen molar-refractivity contribution in [3.63, 3.8) is 0 Å². The summed E-state index contributed by atoms with van der Waals surface area (Å²) in [4.78, 5) is 21.5. The molecule has 0 unspecified atom stereocenters. The van der Waals surface area contributed by atoms with E-state index < -0.39 is 0 Å². The molecule has 6 nitrogen and oxygen atoms in total. The smallest absolute Gasteiger partial charge is 0.342 e. The first-order chi connectivity index (χ1) is 16.5. The van der Waals surface area contributed by atoms with Gasteiger partial charge in [0.2, 0.25) is 0 Å². The summed E-state index contributed by atoms with van der Waals surface area (Å²) in [6, 6.07) is 18.0. The average molecular weight is 464 g/mol. The molecule has 4 rings (SSSR count). The number of hydrogen-bond donors (Lipinski definition) is 0. The number of pyridine rings is 1. The van der Waals surface area contributed by atoms with Crippen molar-refractivity contribution in [1.29, 1.82) is 0 Å². The Kier molecular flexibility index (Phi) is 7.75. The van der Waals surface area contributed by atoms with E-state index in [1.165, 1.54) is 17.7 Å². The van der Waals surface area contributed by atoms with Gasteiger partial charge in [-0.15, -0.1) is 0 Å². The number of carbonyl (C=O) groups excluding carboxylic acids is 1. The van der Waals surface area contributed by atoms with Gasteiger partial charge in [-0.1, -0.05) is 24.3 Å². The van der Waals surface area contributed by atoms with Gasteiger partial charge >= 0.3 is 5.97 Å². The third kappa shape index (κ3) is 6.32. The summed E-state index contributed by atoms with van der Waals surface area (Å²) in [6.07, 6.45) is 1.55. The van der Waals surface area contributed by atoms with Gasteiger partial charge in [0.25, 0.3) is 0 Å². The van der Waals surface area contributed by atoms with Gasteiger partial charge in [-0.25, -0.2) is 14.2 Å². The SMILES string of the molecule is CC(C)OC(=O)c1cccnc1N1CCN(Cc2ccc(OCc3ccc(F)cc3)cc2)CC1. The maximum absolute atomic E-state index is 13.0. The molecule has 1 fully saturated rings. The van der Waals surface area contributed by atoms with Gasteiger partial charge in [-0.3, -0.25) is 4.90 Å². The minimum Gasteiger partial charge on any atom is -0.489 e. The molecular formula is C27H30FN3O3. The van der Waals surface area contributed by atoms with E-state index in [4.69, 9.17) is 9.47 Å². The van der Waals surface area contributed by atoms with Crippen LogP contribution in [0, 0.1) is 5.82 Å². The van der Waals surface area contributed by atoms with Crippen LogP contribution in [0.1, 0.15) is 35.3 Å². The molecule has 0 spiro atoms. The lowest BCUT2D eigenvalue weighted by Crippen LogP contribution is -2.46. The van der Waals surface area contributed by atoms with E-state index in [2.05, 4.69) is 26.9 Å². The molecule has 3 aromatic rings. The number of carbonyl (C=O) groups is 1. The van der Waals surface area contributed by atoms with Crippen LogP contribution >= 0.6 is 0 Å². The van der Waals surface area contributed by atoms with Crippen LogP contribution in [0.4, 0.5) is 10.2 Å². The first-order valence-electron chi connectivity index (χ1n) is 11.6. The first-order valence-corrected chi connectivity index (χ1v) is 11.6. The van der Waals surface area contributed by atoms with E-state index in [0.29, 0.717) is 18.0 Å². The fourth-order valence-electron chi connectivity index (χ4n) is 3.90. The molecule has 0 N–H and O–H groups in total. The third-order valence-corrected chi connectivity index (χ3v) is 5.67. The lowest BCUT2D eigenvalue weighted by atomic mass is 10.1. The second-order valence-electron chi connectivity index (χ2n) is 8.65. The number of halogens is 1. The second kappa shape index (κ2) is 11.1. The molecule has 7 heteroatoms. The van der Waals surface area contributed by atoms with Crippen molar-refractivity contribution in [3.8, 4) is 5.75 Å². The highest BCUT2D eigenvalue weighted by molar-refractivity contribution is 5.94. The highest BCUT2D eigenvalue weighted by atomic mass is 19.1. The van der Waals surface area contributed by atoms with Crippen molar-refractivity contribution < 1.29 is 18.7 Å². The lowest BCUT2D eigenvalue weighted by molar-refractivity contribution is 0.0378. The Balaban J connectivity index is 1.28. The summed E-state index contributed by atoms with van der Waals surface area (Å²) in [5.41, 5.74) is 2.65. The summed E-state index contributed by atoms with van der Waals surface area (Å²) in [5, 5.41) is 0. The maximum atomic E-state index is 13.0. The summed E-state index contributed by atoms with van der Waals surface area (Å²) in [6.45, 7) is 8.26. The summed E-state index contributed by atoms with van der Waals surface area (Å²) in [7, 11) is 0. The molecule has 0 bridgehead atoms. The molecule has 0 amide bonds. The predicted molar refractivity (Wildman–Crippen MR) is 129 cm³/mol. The average Bonchev–Trinajstić information content (AvgIpc) is 2.85. The number of hydrogen-bond acceptors (Lipinski definition) is 6. The minimum atomic E-state index is -0.331. The van der Waals surface area contributed by atoms with Crippen LogP contribution in [0.15, 0.2) is 66.9 Å². The van der Waals surface area contributed by atoms with Crippen LogP contribution in [0.25, 0.3) is 0 Å². The molecule has 1 aromatic heterocycles. The lowest BCUT2D eigenvalue weighted by Gasteiger charge is -2.36. The zero-order valence-corrected chi connectivity index (χ0v) is 19.6. The van der Waals surface area contributed by atoms with Crippen molar-refractivity contribution in [2.24, 2.45) is 0 Å². The van der Waals surface area contributed by atoms with Crippen LogP contribution in [0.3, 0.4) is 0 Å². The van der Waals surface area contributed by atoms with Gasteiger partial charge in [0.1, 0.15) is 29.6 Å². The molecule has 34 heavy (non-hydrogen) atoms. The van der Waals surface area contributed by atoms with Gasteiger partial charge in [-0.05, 0) is 61.4 Å². The van der Waals surface area contributed by atoms with Crippen LogP contribution in [-0.2, 0) is 17.9 Å². The zero-order valence-electron chi connectivity index (χ0n) is 19.6. The van der Waals surface area contributed by atoms with Crippen molar-refractivity contribution in [2.75, 3.05) is 31.1 Å². The Morgan fingerprint density at radius 2 is 1.65 bits per heavy atom. The molecule has 2 aromatic carbocycles. The van der Waals surface area contributed by atoms with Crippen LogP contribution in [0.5, 0.6) is 5.75 Å². The van der Waals surface area contributed by atoms with Crippen LogP contribution < -0.4 is 9.64 Å². The zero-order chi connectivity index (χ0) is 23.9. The van der Waals surface area contributed by atoms with Crippen molar-refractivity contribution in [3.05, 3.63) is 89.4 Å². The van der Waals surface area contributed by atoms with Crippen molar-refractivity contribution in [2.45, 2.75) is 33.1 Å². The molecule has 2 heterocycles. The molecule has 178 valence electrons. The van der Waals surface area contributed by atoms with Gasteiger partial charge < -0.3 is 14.4 Å². The number of anilines is 1.